The first-order valence-electron chi connectivity index (χ1n) is 8.46. The van der Waals surface area contributed by atoms with Crippen molar-refractivity contribution in [2.75, 3.05) is 12.4 Å². The molecule has 154 valence electrons. The van der Waals surface area contributed by atoms with Crippen molar-refractivity contribution < 1.29 is 31.5 Å². The molecule has 1 heterocycles. The van der Waals surface area contributed by atoms with E-state index in [0.717, 1.165) is 12.1 Å². The van der Waals surface area contributed by atoms with Crippen molar-refractivity contribution >= 4 is 17.6 Å². The highest BCUT2D eigenvalue weighted by molar-refractivity contribution is 6.04. The van der Waals surface area contributed by atoms with E-state index in [1.165, 1.54) is 18.2 Å². The quantitative estimate of drug-likeness (QED) is 0.595. The van der Waals surface area contributed by atoms with Gasteiger partial charge in [0.15, 0.2) is 11.6 Å². The number of carbonyl (C=O) groups is 1. The van der Waals surface area contributed by atoms with Crippen LogP contribution in [0.5, 0.6) is 0 Å². The molecule has 0 saturated heterocycles. The second-order valence-corrected chi connectivity index (χ2v) is 6.49. The average Bonchev–Trinajstić information content (AvgIpc) is 2.69. The number of ether oxygens (including phenoxy) is 1. The van der Waals surface area contributed by atoms with Crippen LogP contribution in [0.4, 0.5) is 27.6 Å². The fraction of sp³-hybridized carbons (Fsp3) is 0.263. The summed E-state index contributed by atoms with van der Waals surface area (Å²) < 4.78 is 74.0. The van der Waals surface area contributed by atoms with Crippen molar-refractivity contribution in [2.24, 2.45) is 4.99 Å². The van der Waals surface area contributed by atoms with Crippen LogP contribution in [0, 0.1) is 5.82 Å². The Morgan fingerprint density at radius 2 is 1.93 bits per heavy atom. The van der Waals surface area contributed by atoms with E-state index < -0.39 is 54.2 Å². The molecule has 10 heteroatoms. The second kappa shape index (κ2) is 7.69. The van der Waals surface area contributed by atoms with Crippen molar-refractivity contribution in [3.05, 3.63) is 65.5 Å². The Morgan fingerprint density at radius 3 is 2.55 bits per heavy atom. The van der Waals surface area contributed by atoms with Gasteiger partial charge in [-0.15, -0.1) is 0 Å². The number of nitrogens with zero attached hydrogens (tertiary/aromatic N) is 1. The van der Waals surface area contributed by atoms with Gasteiger partial charge in [-0.05, 0) is 30.3 Å². The minimum Gasteiger partial charge on any atom is -0.450 e. The van der Waals surface area contributed by atoms with Gasteiger partial charge in [-0.3, -0.25) is 10.1 Å². The molecular formula is C19H16F5N3O2. The van der Waals surface area contributed by atoms with E-state index in [2.05, 4.69) is 10.3 Å². The smallest absolute Gasteiger partial charge is 0.411 e. The van der Waals surface area contributed by atoms with Crippen LogP contribution in [0.2, 0.25) is 0 Å². The lowest BCUT2D eigenvalue weighted by atomic mass is 9.86. The maximum Gasteiger partial charge on any atom is 0.411 e. The first-order valence-corrected chi connectivity index (χ1v) is 8.46. The molecule has 0 saturated carbocycles. The Hall–Kier alpha value is -3.17. The van der Waals surface area contributed by atoms with Crippen molar-refractivity contribution in [2.45, 2.75) is 24.2 Å². The molecule has 5 nitrogen and oxygen atoms in total. The Bertz CT molecular complexity index is 933. The third-order valence-electron chi connectivity index (χ3n) is 4.42. The first-order chi connectivity index (χ1) is 13.6. The fourth-order valence-corrected chi connectivity index (χ4v) is 2.97. The molecule has 1 aliphatic rings. The largest absolute Gasteiger partial charge is 0.450 e. The summed E-state index contributed by atoms with van der Waals surface area (Å²) in [5, 5.41) is 2.10. The summed E-state index contributed by atoms with van der Waals surface area (Å²) >= 11 is 0. The van der Waals surface area contributed by atoms with Crippen LogP contribution in [0.3, 0.4) is 0 Å². The predicted molar refractivity (Wildman–Crippen MR) is 95.4 cm³/mol. The van der Waals surface area contributed by atoms with Gasteiger partial charge in [0, 0.05) is 23.2 Å². The predicted octanol–water partition coefficient (Wildman–Crippen LogP) is 3.71. The summed E-state index contributed by atoms with van der Waals surface area (Å²) in [4.78, 5) is 15.6. The number of anilines is 1. The normalized spacial score (nSPS) is 21.8. The lowest BCUT2D eigenvalue weighted by Crippen LogP contribution is -2.51. The van der Waals surface area contributed by atoms with Crippen molar-refractivity contribution in [3.63, 3.8) is 0 Å². The molecule has 0 spiro atoms. The molecule has 0 radical (unpaired) electrons. The molecule has 1 aliphatic heterocycles. The number of hydrogen-bond donors (Lipinski definition) is 2. The SMILES string of the molecule is Nc1ccc(F)c(C2(CF)CC(C(F)(F)F)N=C(NC(=O)c3ccccc3)O2)c1. The number of carbonyl (C=O) groups excluding carboxylic acids is 1. The molecule has 2 unspecified atom stereocenters. The van der Waals surface area contributed by atoms with E-state index in [1.54, 1.807) is 18.2 Å². The minimum absolute atomic E-state index is 0.0127. The third kappa shape index (κ3) is 4.30. The number of rotatable bonds is 3. The van der Waals surface area contributed by atoms with Crippen LogP contribution in [0.15, 0.2) is 53.5 Å². The lowest BCUT2D eigenvalue weighted by Gasteiger charge is -2.38. The highest BCUT2D eigenvalue weighted by atomic mass is 19.4. The minimum atomic E-state index is -4.87. The van der Waals surface area contributed by atoms with E-state index in [1.807, 2.05) is 0 Å². The van der Waals surface area contributed by atoms with Crippen LogP contribution in [-0.4, -0.2) is 30.8 Å². The van der Waals surface area contributed by atoms with Crippen molar-refractivity contribution in [3.8, 4) is 0 Å². The summed E-state index contributed by atoms with van der Waals surface area (Å²) in [7, 11) is 0. The molecule has 0 fully saturated rings. The molecule has 1 amide bonds. The number of halogens is 5. The second-order valence-electron chi connectivity index (χ2n) is 6.49. The zero-order chi connectivity index (χ0) is 21.2. The van der Waals surface area contributed by atoms with Gasteiger partial charge in [0.2, 0.25) is 0 Å². The van der Waals surface area contributed by atoms with E-state index in [-0.39, 0.29) is 11.3 Å². The highest BCUT2D eigenvalue weighted by Gasteiger charge is 2.52. The third-order valence-corrected chi connectivity index (χ3v) is 4.42. The first kappa shape index (κ1) is 20.6. The Kier molecular flexibility index (Phi) is 5.45. The van der Waals surface area contributed by atoms with E-state index in [9.17, 15) is 26.7 Å². The molecule has 2 atom stereocenters. The molecule has 2 aromatic rings. The van der Waals surface area contributed by atoms with Gasteiger partial charge >= 0.3 is 6.18 Å². The Labute approximate surface area is 162 Å². The zero-order valence-corrected chi connectivity index (χ0v) is 14.8. The number of benzene rings is 2. The summed E-state index contributed by atoms with van der Waals surface area (Å²) in [6.45, 7) is -1.50. The molecule has 29 heavy (non-hydrogen) atoms. The zero-order valence-electron chi connectivity index (χ0n) is 14.8. The van der Waals surface area contributed by atoms with Gasteiger partial charge in [0.25, 0.3) is 11.9 Å². The number of nitrogen functional groups attached to an aromatic ring is 1. The number of hydrogen-bond acceptors (Lipinski definition) is 4. The summed E-state index contributed by atoms with van der Waals surface area (Å²) in [5.74, 6) is -1.80. The van der Waals surface area contributed by atoms with Gasteiger partial charge in [0.1, 0.15) is 12.5 Å². The van der Waals surface area contributed by atoms with Gasteiger partial charge < -0.3 is 10.5 Å². The van der Waals surface area contributed by atoms with E-state index >= 15 is 0 Å². The Morgan fingerprint density at radius 1 is 1.24 bits per heavy atom. The van der Waals surface area contributed by atoms with Gasteiger partial charge in [0.05, 0.1) is 0 Å². The monoisotopic (exact) mass is 413 g/mol. The van der Waals surface area contributed by atoms with E-state index in [4.69, 9.17) is 10.5 Å². The molecule has 0 aliphatic carbocycles. The molecular weight excluding hydrogens is 397 g/mol. The van der Waals surface area contributed by atoms with Crippen LogP contribution < -0.4 is 11.1 Å². The van der Waals surface area contributed by atoms with E-state index in [0.29, 0.717) is 0 Å². The van der Waals surface area contributed by atoms with Gasteiger partial charge in [-0.25, -0.2) is 13.8 Å². The number of alkyl halides is 4. The van der Waals surface area contributed by atoms with Crippen LogP contribution in [0.1, 0.15) is 22.3 Å². The highest BCUT2D eigenvalue weighted by Crippen LogP contribution is 2.42. The van der Waals surface area contributed by atoms with Gasteiger partial charge in [-0.1, -0.05) is 18.2 Å². The van der Waals surface area contributed by atoms with Crippen molar-refractivity contribution in [1.82, 2.24) is 5.32 Å². The maximum atomic E-state index is 14.4. The number of nitrogens with two attached hydrogens (primary N) is 1. The summed E-state index contributed by atoms with van der Waals surface area (Å²) in [6, 6.07) is 7.39. The topological polar surface area (TPSA) is 76.7 Å². The number of amidine groups is 1. The molecule has 3 rings (SSSR count). The van der Waals surface area contributed by atoms with Crippen LogP contribution in [-0.2, 0) is 10.3 Å². The molecule has 2 aromatic carbocycles. The number of aliphatic imine (C=N–C) groups is 1. The van der Waals surface area contributed by atoms with Crippen LogP contribution in [0.25, 0.3) is 0 Å². The lowest BCUT2D eigenvalue weighted by molar-refractivity contribution is -0.167. The number of amides is 1. The number of nitrogens with one attached hydrogen (secondary N) is 1. The molecule has 0 bridgehead atoms. The maximum absolute atomic E-state index is 14.4. The summed E-state index contributed by atoms with van der Waals surface area (Å²) in [5.41, 5.74) is 2.87. The fourth-order valence-electron chi connectivity index (χ4n) is 2.97. The Balaban J connectivity index is 2.01. The molecule has 0 aromatic heterocycles. The summed E-state index contributed by atoms with van der Waals surface area (Å²) in [6.07, 6.45) is -5.89. The standard InChI is InChI=1S/C19H16F5N3O2/c20-10-18(13-8-12(25)6-7-14(13)21)9-15(19(22,23)24)26-17(29-18)27-16(28)11-4-2-1-3-5-11/h1-8,15H,9-10,25H2,(H,26,27,28). The van der Waals surface area contributed by atoms with Crippen LogP contribution >= 0.6 is 0 Å². The van der Waals surface area contributed by atoms with Gasteiger partial charge in [-0.2, -0.15) is 13.2 Å². The average molecular weight is 413 g/mol. The van der Waals surface area contributed by atoms with Crippen molar-refractivity contribution in [1.29, 1.82) is 0 Å². The molecule has 3 N–H and O–H groups in total.